The molecule has 0 aliphatic heterocycles. The Labute approximate surface area is 102 Å². The lowest BCUT2D eigenvalue weighted by molar-refractivity contribution is 0.835. The Kier molecular flexibility index (Phi) is 3.29. The van der Waals surface area contributed by atoms with Gasteiger partial charge in [0.25, 0.3) is 0 Å². The Morgan fingerprint density at radius 3 is 2.41 bits per heavy atom. The van der Waals surface area contributed by atoms with E-state index in [0.717, 1.165) is 17.0 Å². The van der Waals surface area contributed by atoms with E-state index in [1.807, 2.05) is 0 Å². The van der Waals surface area contributed by atoms with Gasteiger partial charge in [-0.1, -0.05) is 43.7 Å². The molecule has 2 aromatic rings. The number of aromatic nitrogens is 2. The fourth-order valence-electron chi connectivity index (χ4n) is 2.10. The molecule has 0 amide bonds. The number of hydrogen-bond acceptors (Lipinski definition) is 2. The van der Waals surface area contributed by atoms with Gasteiger partial charge >= 0.3 is 0 Å². The largest absolute Gasteiger partial charge is 0.325 e. The first kappa shape index (κ1) is 11.9. The molecule has 0 atom stereocenters. The first-order valence-electron chi connectivity index (χ1n) is 5.97. The Hall–Kier alpha value is -1.61. The zero-order valence-corrected chi connectivity index (χ0v) is 10.6. The molecule has 0 saturated heterocycles. The molecule has 17 heavy (non-hydrogen) atoms. The standard InChI is InChI=1S/C14H19N3/c1-9(2)13-12(8-15)16-17-14(13)11-6-4-10(3)5-7-11/h4-7,9H,8,15H2,1-3H3,(H,16,17). The van der Waals surface area contributed by atoms with Crippen LogP contribution in [0.25, 0.3) is 11.3 Å². The highest BCUT2D eigenvalue weighted by atomic mass is 15.1. The summed E-state index contributed by atoms with van der Waals surface area (Å²) >= 11 is 0. The lowest BCUT2D eigenvalue weighted by atomic mass is 9.96. The van der Waals surface area contributed by atoms with Gasteiger partial charge in [-0.05, 0) is 12.8 Å². The second kappa shape index (κ2) is 4.72. The average Bonchev–Trinajstić information content (AvgIpc) is 2.73. The van der Waals surface area contributed by atoms with Crippen molar-refractivity contribution in [2.24, 2.45) is 5.73 Å². The minimum atomic E-state index is 0.420. The van der Waals surface area contributed by atoms with E-state index in [2.05, 4.69) is 55.2 Å². The summed E-state index contributed by atoms with van der Waals surface area (Å²) in [5, 5.41) is 7.45. The maximum atomic E-state index is 5.73. The van der Waals surface area contributed by atoms with E-state index in [4.69, 9.17) is 5.73 Å². The van der Waals surface area contributed by atoms with Crippen molar-refractivity contribution in [2.75, 3.05) is 0 Å². The maximum Gasteiger partial charge on any atom is 0.0958 e. The first-order valence-corrected chi connectivity index (χ1v) is 5.97. The summed E-state index contributed by atoms with van der Waals surface area (Å²) < 4.78 is 0. The van der Waals surface area contributed by atoms with Crippen LogP contribution in [-0.2, 0) is 6.54 Å². The molecule has 3 nitrogen and oxygen atoms in total. The molecule has 3 N–H and O–H groups in total. The summed E-state index contributed by atoms with van der Waals surface area (Å²) in [5.41, 5.74) is 11.4. The summed E-state index contributed by atoms with van der Waals surface area (Å²) in [6.07, 6.45) is 0. The summed E-state index contributed by atoms with van der Waals surface area (Å²) in [6, 6.07) is 8.43. The highest BCUT2D eigenvalue weighted by Gasteiger charge is 2.16. The summed E-state index contributed by atoms with van der Waals surface area (Å²) in [6.45, 7) is 6.93. The van der Waals surface area contributed by atoms with Gasteiger partial charge in [0, 0.05) is 17.7 Å². The van der Waals surface area contributed by atoms with Crippen LogP contribution in [0.4, 0.5) is 0 Å². The molecule has 3 heteroatoms. The minimum Gasteiger partial charge on any atom is -0.325 e. The predicted octanol–water partition coefficient (Wildman–Crippen LogP) is 2.97. The fraction of sp³-hybridized carbons (Fsp3) is 0.357. The number of nitrogens with one attached hydrogen (secondary N) is 1. The van der Waals surface area contributed by atoms with Gasteiger partial charge in [-0.25, -0.2) is 0 Å². The molecule has 1 aromatic heterocycles. The van der Waals surface area contributed by atoms with Crippen molar-refractivity contribution in [1.29, 1.82) is 0 Å². The predicted molar refractivity (Wildman–Crippen MR) is 70.7 cm³/mol. The number of nitrogens with zero attached hydrogens (tertiary/aromatic N) is 1. The van der Waals surface area contributed by atoms with Gasteiger partial charge in [0.1, 0.15) is 0 Å². The lowest BCUT2D eigenvalue weighted by Gasteiger charge is -2.08. The number of nitrogens with two attached hydrogens (primary N) is 1. The first-order chi connectivity index (χ1) is 8.13. The zero-order valence-electron chi connectivity index (χ0n) is 10.6. The third-order valence-electron chi connectivity index (χ3n) is 2.99. The molecular weight excluding hydrogens is 210 g/mol. The topological polar surface area (TPSA) is 54.7 Å². The molecule has 0 unspecified atom stereocenters. The second-order valence-corrected chi connectivity index (χ2v) is 4.69. The lowest BCUT2D eigenvalue weighted by Crippen LogP contribution is -2.02. The summed E-state index contributed by atoms with van der Waals surface area (Å²) in [4.78, 5) is 0. The Balaban J connectivity index is 2.51. The molecule has 1 aromatic carbocycles. The van der Waals surface area contributed by atoms with Crippen molar-refractivity contribution in [3.05, 3.63) is 41.1 Å². The molecule has 0 aliphatic rings. The highest BCUT2D eigenvalue weighted by molar-refractivity contribution is 5.65. The normalized spacial score (nSPS) is 11.1. The van der Waals surface area contributed by atoms with E-state index >= 15 is 0 Å². The van der Waals surface area contributed by atoms with Crippen LogP contribution in [0.5, 0.6) is 0 Å². The highest BCUT2D eigenvalue weighted by Crippen LogP contribution is 2.29. The van der Waals surface area contributed by atoms with Gasteiger partial charge in [0.15, 0.2) is 0 Å². The monoisotopic (exact) mass is 229 g/mol. The average molecular weight is 229 g/mol. The molecule has 0 fully saturated rings. The number of H-pyrrole nitrogens is 1. The van der Waals surface area contributed by atoms with Gasteiger partial charge in [-0.15, -0.1) is 0 Å². The van der Waals surface area contributed by atoms with E-state index in [1.165, 1.54) is 11.1 Å². The van der Waals surface area contributed by atoms with Gasteiger partial charge < -0.3 is 5.73 Å². The van der Waals surface area contributed by atoms with Gasteiger partial charge in [0.2, 0.25) is 0 Å². The van der Waals surface area contributed by atoms with Crippen LogP contribution in [0.2, 0.25) is 0 Å². The smallest absolute Gasteiger partial charge is 0.0958 e. The van der Waals surface area contributed by atoms with Gasteiger partial charge in [0.05, 0.1) is 11.4 Å². The van der Waals surface area contributed by atoms with Gasteiger partial charge in [-0.3, -0.25) is 5.10 Å². The summed E-state index contributed by atoms with van der Waals surface area (Å²) in [7, 11) is 0. The molecule has 0 bridgehead atoms. The molecule has 0 spiro atoms. The third-order valence-corrected chi connectivity index (χ3v) is 2.99. The van der Waals surface area contributed by atoms with Crippen LogP contribution in [0, 0.1) is 6.92 Å². The number of aromatic amines is 1. The second-order valence-electron chi connectivity index (χ2n) is 4.69. The van der Waals surface area contributed by atoms with Crippen molar-refractivity contribution >= 4 is 0 Å². The van der Waals surface area contributed by atoms with E-state index in [-0.39, 0.29) is 0 Å². The molecule has 0 aliphatic carbocycles. The van der Waals surface area contributed by atoms with Crippen molar-refractivity contribution in [2.45, 2.75) is 33.2 Å². The fourth-order valence-corrected chi connectivity index (χ4v) is 2.10. The molecule has 0 radical (unpaired) electrons. The number of benzene rings is 1. The SMILES string of the molecule is Cc1ccc(-c2n[nH]c(CN)c2C(C)C)cc1. The van der Waals surface area contributed by atoms with Gasteiger partial charge in [-0.2, -0.15) is 5.10 Å². The Morgan fingerprint density at radius 2 is 1.88 bits per heavy atom. The van der Waals surface area contributed by atoms with Crippen molar-refractivity contribution < 1.29 is 0 Å². The van der Waals surface area contributed by atoms with E-state index in [1.54, 1.807) is 0 Å². The molecule has 2 rings (SSSR count). The van der Waals surface area contributed by atoms with Crippen LogP contribution < -0.4 is 5.73 Å². The van der Waals surface area contributed by atoms with E-state index < -0.39 is 0 Å². The number of aryl methyl sites for hydroxylation is 1. The minimum absolute atomic E-state index is 0.420. The molecular formula is C14H19N3. The van der Waals surface area contributed by atoms with Crippen LogP contribution in [-0.4, -0.2) is 10.2 Å². The Bertz CT molecular complexity index is 495. The number of hydrogen-bond donors (Lipinski definition) is 2. The van der Waals surface area contributed by atoms with Crippen molar-refractivity contribution in [1.82, 2.24) is 10.2 Å². The van der Waals surface area contributed by atoms with Crippen molar-refractivity contribution in [3.8, 4) is 11.3 Å². The maximum absolute atomic E-state index is 5.73. The van der Waals surface area contributed by atoms with E-state index in [9.17, 15) is 0 Å². The summed E-state index contributed by atoms with van der Waals surface area (Å²) in [5.74, 6) is 0.420. The number of rotatable bonds is 3. The Morgan fingerprint density at radius 1 is 1.24 bits per heavy atom. The van der Waals surface area contributed by atoms with Crippen LogP contribution >= 0.6 is 0 Å². The van der Waals surface area contributed by atoms with Crippen molar-refractivity contribution in [3.63, 3.8) is 0 Å². The van der Waals surface area contributed by atoms with Crippen LogP contribution in [0.15, 0.2) is 24.3 Å². The quantitative estimate of drug-likeness (QED) is 0.850. The molecule has 1 heterocycles. The van der Waals surface area contributed by atoms with Crippen LogP contribution in [0.1, 0.15) is 36.6 Å². The molecule has 0 saturated carbocycles. The zero-order chi connectivity index (χ0) is 12.4. The third kappa shape index (κ3) is 2.24. The molecule has 90 valence electrons. The van der Waals surface area contributed by atoms with E-state index in [0.29, 0.717) is 12.5 Å². The van der Waals surface area contributed by atoms with Crippen LogP contribution in [0.3, 0.4) is 0 Å².